The van der Waals surface area contributed by atoms with Gasteiger partial charge in [-0.1, -0.05) is 62.9 Å². The van der Waals surface area contributed by atoms with Crippen molar-refractivity contribution in [2.75, 3.05) is 6.54 Å². The second kappa shape index (κ2) is 9.46. The molecule has 0 saturated heterocycles. The molecular formula is C16H23NO. The normalized spacial score (nSPS) is 10.7. The van der Waals surface area contributed by atoms with E-state index in [1.54, 1.807) is 6.08 Å². The van der Waals surface area contributed by atoms with E-state index in [1.165, 1.54) is 25.7 Å². The lowest BCUT2D eigenvalue weighted by Gasteiger charge is -2.01. The van der Waals surface area contributed by atoms with Gasteiger partial charge in [-0.25, -0.2) is 0 Å². The van der Waals surface area contributed by atoms with Crippen LogP contribution in [0.5, 0.6) is 0 Å². The standard InChI is InChI=1S/C16H23NO/c1-2-3-4-5-9-14-17-16(18)13-12-15-10-7-6-8-11-15/h6-8,10-13H,2-5,9,14H2,1H3,(H,17,18). The Morgan fingerprint density at radius 2 is 1.83 bits per heavy atom. The Balaban J connectivity index is 2.12. The first-order valence-corrected chi connectivity index (χ1v) is 6.84. The zero-order valence-corrected chi connectivity index (χ0v) is 11.2. The number of carbonyl (C=O) groups is 1. The number of unbranched alkanes of at least 4 members (excludes halogenated alkanes) is 4. The molecule has 1 aromatic carbocycles. The summed E-state index contributed by atoms with van der Waals surface area (Å²) < 4.78 is 0. The van der Waals surface area contributed by atoms with E-state index in [4.69, 9.17) is 0 Å². The average Bonchev–Trinajstić information content (AvgIpc) is 2.41. The SMILES string of the molecule is CCCCCCCNC(=O)C=Cc1ccccc1. The molecule has 1 amide bonds. The van der Waals surface area contributed by atoms with Crippen molar-refractivity contribution in [1.82, 2.24) is 5.32 Å². The van der Waals surface area contributed by atoms with Crippen LogP contribution in [0, 0.1) is 0 Å². The molecule has 98 valence electrons. The van der Waals surface area contributed by atoms with Crippen molar-refractivity contribution in [2.24, 2.45) is 0 Å². The molecule has 2 nitrogen and oxygen atoms in total. The van der Waals surface area contributed by atoms with Crippen molar-refractivity contribution in [1.29, 1.82) is 0 Å². The van der Waals surface area contributed by atoms with Gasteiger partial charge in [0.1, 0.15) is 0 Å². The molecule has 1 aromatic rings. The summed E-state index contributed by atoms with van der Waals surface area (Å²) >= 11 is 0. The Labute approximate surface area is 110 Å². The fourth-order valence-electron chi connectivity index (χ4n) is 1.74. The second-order valence-corrected chi connectivity index (χ2v) is 4.45. The third-order valence-electron chi connectivity index (χ3n) is 2.81. The van der Waals surface area contributed by atoms with Gasteiger partial charge in [0.15, 0.2) is 0 Å². The summed E-state index contributed by atoms with van der Waals surface area (Å²) in [5.74, 6) is -0.00524. The molecule has 0 radical (unpaired) electrons. The van der Waals surface area contributed by atoms with Crippen molar-refractivity contribution in [3.05, 3.63) is 42.0 Å². The zero-order valence-electron chi connectivity index (χ0n) is 11.2. The van der Waals surface area contributed by atoms with E-state index in [0.717, 1.165) is 18.5 Å². The van der Waals surface area contributed by atoms with Gasteiger partial charge in [0, 0.05) is 12.6 Å². The van der Waals surface area contributed by atoms with Crippen molar-refractivity contribution >= 4 is 12.0 Å². The van der Waals surface area contributed by atoms with Gasteiger partial charge in [-0.15, -0.1) is 0 Å². The number of benzene rings is 1. The van der Waals surface area contributed by atoms with E-state index in [9.17, 15) is 4.79 Å². The molecule has 18 heavy (non-hydrogen) atoms. The summed E-state index contributed by atoms with van der Waals surface area (Å²) in [6, 6.07) is 9.85. The van der Waals surface area contributed by atoms with Gasteiger partial charge in [-0.2, -0.15) is 0 Å². The molecule has 0 aliphatic carbocycles. The number of hydrogen-bond donors (Lipinski definition) is 1. The highest BCUT2D eigenvalue weighted by Crippen LogP contribution is 2.02. The number of hydrogen-bond acceptors (Lipinski definition) is 1. The number of amides is 1. The average molecular weight is 245 g/mol. The molecule has 0 atom stereocenters. The third-order valence-corrected chi connectivity index (χ3v) is 2.81. The predicted octanol–water partition coefficient (Wildman–Crippen LogP) is 3.79. The first-order chi connectivity index (χ1) is 8.83. The Hall–Kier alpha value is -1.57. The Kier molecular flexibility index (Phi) is 7.61. The highest BCUT2D eigenvalue weighted by molar-refractivity contribution is 5.91. The summed E-state index contributed by atoms with van der Waals surface area (Å²) in [6.45, 7) is 2.98. The van der Waals surface area contributed by atoms with Crippen molar-refractivity contribution in [3.8, 4) is 0 Å². The largest absolute Gasteiger partial charge is 0.353 e. The third kappa shape index (κ3) is 6.89. The van der Waals surface area contributed by atoms with Crippen LogP contribution in [0.15, 0.2) is 36.4 Å². The quantitative estimate of drug-likeness (QED) is 0.548. The molecule has 0 spiro atoms. The molecular weight excluding hydrogens is 222 g/mol. The van der Waals surface area contributed by atoms with Crippen LogP contribution >= 0.6 is 0 Å². The first kappa shape index (κ1) is 14.5. The van der Waals surface area contributed by atoms with Gasteiger partial charge in [-0.3, -0.25) is 4.79 Å². The lowest BCUT2D eigenvalue weighted by atomic mass is 10.1. The van der Waals surface area contributed by atoms with Gasteiger partial charge < -0.3 is 5.32 Å². The smallest absolute Gasteiger partial charge is 0.243 e. The molecule has 1 N–H and O–H groups in total. The van der Waals surface area contributed by atoms with E-state index in [-0.39, 0.29) is 5.91 Å². The van der Waals surface area contributed by atoms with E-state index < -0.39 is 0 Å². The minimum atomic E-state index is -0.00524. The summed E-state index contributed by atoms with van der Waals surface area (Å²) in [5, 5.41) is 2.90. The molecule has 0 aliphatic heterocycles. The number of nitrogens with one attached hydrogen (secondary N) is 1. The molecule has 2 heteroatoms. The molecule has 0 fully saturated rings. The van der Waals surface area contributed by atoms with E-state index >= 15 is 0 Å². The molecule has 0 saturated carbocycles. The number of carbonyl (C=O) groups excluding carboxylic acids is 1. The van der Waals surface area contributed by atoms with Crippen molar-refractivity contribution < 1.29 is 4.79 Å². The number of rotatable bonds is 8. The van der Waals surface area contributed by atoms with Gasteiger partial charge in [0.2, 0.25) is 5.91 Å². The van der Waals surface area contributed by atoms with Crippen LogP contribution in [-0.2, 0) is 4.79 Å². The predicted molar refractivity (Wildman–Crippen MR) is 77.2 cm³/mol. The lowest BCUT2D eigenvalue weighted by molar-refractivity contribution is -0.116. The van der Waals surface area contributed by atoms with Gasteiger partial charge in [0.05, 0.1) is 0 Å². The molecule has 0 bridgehead atoms. The fourth-order valence-corrected chi connectivity index (χ4v) is 1.74. The second-order valence-electron chi connectivity index (χ2n) is 4.45. The molecule has 0 unspecified atom stereocenters. The maximum absolute atomic E-state index is 11.5. The molecule has 1 rings (SSSR count). The van der Waals surface area contributed by atoms with Crippen LogP contribution in [0.2, 0.25) is 0 Å². The monoisotopic (exact) mass is 245 g/mol. The van der Waals surface area contributed by atoms with E-state index in [0.29, 0.717) is 0 Å². The van der Waals surface area contributed by atoms with Crippen molar-refractivity contribution in [3.63, 3.8) is 0 Å². The Morgan fingerprint density at radius 1 is 1.11 bits per heavy atom. The van der Waals surface area contributed by atoms with Crippen LogP contribution in [0.25, 0.3) is 6.08 Å². The molecule has 0 aliphatic rings. The zero-order chi connectivity index (χ0) is 13.1. The first-order valence-electron chi connectivity index (χ1n) is 6.84. The summed E-state index contributed by atoms with van der Waals surface area (Å²) in [7, 11) is 0. The molecule has 0 heterocycles. The topological polar surface area (TPSA) is 29.1 Å². The van der Waals surface area contributed by atoms with Gasteiger partial charge in [-0.05, 0) is 18.1 Å². The Morgan fingerprint density at radius 3 is 2.56 bits per heavy atom. The summed E-state index contributed by atoms with van der Waals surface area (Å²) in [4.78, 5) is 11.5. The fraction of sp³-hybridized carbons (Fsp3) is 0.438. The summed E-state index contributed by atoms with van der Waals surface area (Å²) in [6.07, 6.45) is 9.54. The highest BCUT2D eigenvalue weighted by atomic mass is 16.1. The summed E-state index contributed by atoms with van der Waals surface area (Å²) in [5.41, 5.74) is 1.05. The van der Waals surface area contributed by atoms with Crippen LogP contribution in [0.3, 0.4) is 0 Å². The minimum Gasteiger partial charge on any atom is -0.353 e. The maximum Gasteiger partial charge on any atom is 0.243 e. The van der Waals surface area contributed by atoms with Crippen LogP contribution in [0.1, 0.15) is 44.6 Å². The van der Waals surface area contributed by atoms with E-state index in [2.05, 4.69) is 12.2 Å². The van der Waals surface area contributed by atoms with Crippen LogP contribution in [-0.4, -0.2) is 12.5 Å². The maximum atomic E-state index is 11.5. The highest BCUT2D eigenvalue weighted by Gasteiger charge is 1.94. The van der Waals surface area contributed by atoms with Crippen LogP contribution in [0.4, 0.5) is 0 Å². The van der Waals surface area contributed by atoms with Gasteiger partial charge in [0.25, 0.3) is 0 Å². The van der Waals surface area contributed by atoms with Crippen molar-refractivity contribution in [2.45, 2.75) is 39.0 Å². The minimum absolute atomic E-state index is 0.00524. The van der Waals surface area contributed by atoms with Crippen LogP contribution < -0.4 is 5.32 Å². The lowest BCUT2D eigenvalue weighted by Crippen LogP contribution is -2.21. The Bertz CT molecular complexity index is 357. The van der Waals surface area contributed by atoms with Gasteiger partial charge >= 0.3 is 0 Å². The molecule has 0 aromatic heterocycles. The van der Waals surface area contributed by atoms with E-state index in [1.807, 2.05) is 36.4 Å².